The Hall–Kier alpha value is -1.69. The van der Waals surface area contributed by atoms with Gasteiger partial charge in [-0.3, -0.25) is 13.8 Å². The number of rotatable bonds is 6. The Bertz CT molecular complexity index is 529. The highest BCUT2D eigenvalue weighted by Gasteiger charge is 2.37. The molecule has 5 nitrogen and oxygen atoms in total. The number of hydrogen-bond donors (Lipinski definition) is 2. The van der Waals surface area contributed by atoms with Crippen LogP contribution in [0.5, 0.6) is 0 Å². The average Bonchev–Trinajstić information content (AvgIpc) is 2.43. The van der Waals surface area contributed by atoms with Gasteiger partial charge in [0, 0.05) is 40.8 Å². The fourth-order valence-electron chi connectivity index (χ4n) is 2.17. The number of nitrogens with one attached hydrogen (secondary N) is 2. The van der Waals surface area contributed by atoms with Gasteiger partial charge in [-0.2, -0.15) is 0 Å². The van der Waals surface area contributed by atoms with Gasteiger partial charge in [-0.05, 0) is 12.1 Å². The molecular formula is C15H22N2O3S. The van der Waals surface area contributed by atoms with Crippen molar-refractivity contribution in [1.29, 1.82) is 0 Å². The van der Waals surface area contributed by atoms with Crippen LogP contribution in [0.1, 0.15) is 24.2 Å². The smallest absolute Gasteiger partial charge is 0.251 e. The number of hydrogen-bond acceptors (Lipinski definition) is 3. The molecule has 2 N–H and O–H groups in total. The minimum absolute atomic E-state index is 0.297. The van der Waals surface area contributed by atoms with Crippen molar-refractivity contribution in [1.82, 2.24) is 10.6 Å². The van der Waals surface area contributed by atoms with Crippen molar-refractivity contribution < 1.29 is 13.8 Å². The number of benzene rings is 1. The fraction of sp³-hybridized carbons (Fsp3) is 0.467. The molecule has 1 aromatic carbocycles. The van der Waals surface area contributed by atoms with E-state index >= 15 is 0 Å². The summed E-state index contributed by atoms with van der Waals surface area (Å²) in [7, 11) is 0.452. The van der Waals surface area contributed by atoms with Crippen LogP contribution in [0.15, 0.2) is 30.3 Å². The van der Waals surface area contributed by atoms with Crippen molar-refractivity contribution in [2.75, 3.05) is 19.1 Å². The van der Waals surface area contributed by atoms with Gasteiger partial charge in [-0.1, -0.05) is 32.0 Å². The van der Waals surface area contributed by atoms with E-state index in [0.29, 0.717) is 11.3 Å². The van der Waals surface area contributed by atoms with Crippen LogP contribution in [0.4, 0.5) is 0 Å². The summed E-state index contributed by atoms with van der Waals surface area (Å²) in [6.07, 6.45) is 1.58. The molecule has 6 heteroatoms. The molecule has 0 radical (unpaired) electrons. The molecule has 2 atom stereocenters. The van der Waals surface area contributed by atoms with Crippen molar-refractivity contribution in [2.24, 2.45) is 5.41 Å². The molecule has 21 heavy (non-hydrogen) atoms. The molecule has 0 heterocycles. The zero-order chi connectivity index (χ0) is 16.0. The molecule has 0 aliphatic heterocycles. The number of carbonyl (C=O) groups excluding carboxylic acids is 2. The largest absolute Gasteiger partial charge is 0.357 e. The van der Waals surface area contributed by atoms with E-state index in [2.05, 4.69) is 10.6 Å². The van der Waals surface area contributed by atoms with Crippen LogP contribution in [0.25, 0.3) is 0 Å². The molecule has 0 saturated carbocycles. The number of carbonyl (C=O) groups is 2. The van der Waals surface area contributed by atoms with Gasteiger partial charge in [0.1, 0.15) is 6.04 Å². The maximum Gasteiger partial charge on any atom is 0.251 e. The highest BCUT2D eigenvalue weighted by atomic mass is 32.2. The van der Waals surface area contributed by atoms with Gasteiger partial charge in [0.25, 0.3) is 5.91 Å². The standard InChI is InChI=1S/C15H22N2O3S/c1-15(2,10-21(4)20)12(14(19)16-3)17-13(18)11-8-6-5-7-9-11/h5-9,12H,10H2,1-4H3,(H,16,19)(H,17,18)/t12-,21?/m1/s1. The number of amides is 2. The summed E-state index contributed by atoms with van der Waals surface area (Å²) in [6, 6.07) is 7.95. The topological polar surface area (TPSA) is 75.3 Å². The Balaban J connectivity index is 2.96. The van der Waals surface area contributed by atoms with Gasteiger partial charge in [0.15, 0.2) is 0 Å². The lowest BCUT2D eigenvalue weighted by Gasteiger charge is -2.32. The molecule has 2 amide bonds. The number of likely N-dealkylation sites (N-methyl/N-ethyl adjacent to an activating group) is 1. The van der Waals surface area contributed by atoms with Crippen LogP contribution < -0.4 is 10.6 Å². The highest BCUT2D eigenvalue weighted by molar-refractivity contribution is 7.84. The van der Waals surface area contributed by atoms with E-state index in [1.54, 1.807) is 30.5 Å². The van der Waals surface area contributed by atoms with Gasteiger partial charge in [-0.15, -0.1) is 0 Å². The lowest BCUT2D eigenvalue weighted by molar-refractivity contribution is -0.124. The molecule has 0 aromatic heterocycles. The van der Waals surface area contributed by atoms with E-state index in [1.165, 1.54) is 7.05 Å². The third-order valence-corrected chi connectivity index (χ3v) is 4.33. The lowest BCUT2D eigenvalue weighted by atomic mass is 9.85. The average molecular weight is 310 g/mol. The van der Waals surface area contributed by atoms with E-state index in [0.717, 1.165) is 0 Å². The fourth-order valence-corrected chi connectivity index (χ4v) is 3.39. The van der Waals surface area contributed by atoms with Crippen molar-refractivity contribution in [3.05, 3.63) is 35.9 Å². The third-order valence-electron chi connectivity index (χ3n) is 3.18. The SMILES string of the molecule is CNC(=O)[C@@H](NC(=O)c1ccccc1)C(C)(C)CS(C)=O. The van der Waals surface area contributed by atoms with E-state index in [-0.39, 0.29) is 11.8 Å². The molecule has 0 aliphatic rings. The first kappa shape index (κ1) is 17.4. The summed E-state index contributed by atoms with van der Waals surface area (Å²) in [5, 5.41) is 5.29. The first-order chi connectivity index (χ1) is 9.77. The Morgan fingerprint density at radius 3 is 2.29 bits per heavy atom. The second kappa shape index (κ2) is 7.36. The van der Waals surface area contributed by atoms with Gasteiger partial charge in [0.2, 0.25) is 5.91 Å². The van der Waals surface area contributed by atoms with Crippen molar-refractivity contribution >= 4 is 22.6 Å². The maximum atomic E-state index is 12.2. The molecule has 0 fully saturated rings. The van der Waals surface area contributed by atoms with Crippen LogP contribution in [0.2, 0.25) is 0 Å². The quantitative estimate of drug-likeness (QED) is 0.821. The monoisotopic (exact) mass is 310 g/mol. The first-order valence-corrected chi connectivity index (χ1v) is 8.38. The Kier molecular flexibility index (Phi) is 6.08. The Morgan fingerprint density at radius 1 is 1.24 bits per heavy atom. The van der Waals surface area contributed by atoms with Gasteiger partial charge < -0.3 is 10.6 Å². The molecular weight excluding hydrogens is 288 g/mol. The molecule has 0 spiro atoms. The molecule has 0 aliphatic carbocycles. The van der Waals surface area contributed by atoms with Crippen LogP contribution in [0, 0.1) is 5.41 Å². The maximum absolute atomic E-state index is 12.2. The predicted molar refractivity (Wildman–Crippen MR) is 84.5 cm³/mol. The molecule has 0 saturated heterocycles. The van der Waals surface area contributed by atoms with Crippen LogP contribution in [0.3, 0.4) is 0 Å². The van der Waals surface area contributed by atoms with Gasteiger partial charge in [-0.25, -0.2) is 0 Å². The minimum Gasteiger partial charge on any atom is -0.357 e. The summed E-state index contributed by atoms with van der Waals surface area (Å²) in [5.74, 6) is -0.297. The minimum atomic E-state index is -1.06. The molecule has 1 aromatic rings. The second-order valence-corrected chi connectivity index (χ2v) is 7.03. The van der Waals surface area contributed by atoms with Crippen molar-refractivity contribution in [3.63, 3.8) is 0 Å². The van der Waals surface area contributed by atoms with Crippen molar-refractivity contribution in [3.8, 4) is 0 Å². The summed E-state index contributed by atoms with van der Waals surface area (Å²) in [4.78, 5) is 24.3. The van der Waals surface area contributed by atoms with Crippen LogP contribution in [-0.2, 0) is 15.6 Å². The van der Waals surface area contributed by atoms with Crippen LogP contribution in [-0.4, -0.2) is 41.1 Å². The second-order valence-electron chi connectivity index (χ2n) is 5.59. The zero-order valence-corrected chi connectivity index (χ0v) is 13.6. The summed E-state index contributed by atoms with van der Waals surface area (Å²) < 4.78 is 11.5. The molecule has 1 rings (SSSR count). The van der Waals surface area contributed by atoms with E-state index in [4.69, 9.17) is 0 Å². The Labute approximate surface area is 128 Å². The van der Waals surface area contributed by atoms with E-state index in [9.17, 15) is 13.8 Å². The predicted octanol–water partition coefficient (Wildman–Crippen LogP) is 0.936. The third kappa shape index (κ3) is 4.97. The summed E-state index contributed by atoms with van der Waals surface area (Å²) in [6.45, 7) is 3.64. The summed E-state index contributed by atoms with van der Waals surface area (Å²) in [5.41, 5.74) is -0.135. The summed E-state index contributed by atoms with van der Waals surface area (Å²) >= 11 is 0. The lowest BCUT2D eigenvalue weighted by Crippen LogP contribution is -2.55. The van der Waals surface area contributed by atoms with Gasteiger partial charge in [0.05, 0.1) is 0 Å². The molecule has 116 valence electrons. The molecule has 1 unspecified atom stereocenters. The first-order valence-electron chi connectivity index (χ1n) is 6.65. The van der Waals surface area contributed by atoms with Crippen molar-refractivity contribution in [2.45, 2.75) is 19.9 Å². The van der Waals surface area contributed by atoms with E-state index in [1.807, 2.05) is 19.9 Å². The highest BCUT2D eigenvalue weighted by Crippen LogP contribution is 2.22. The Morgan fingerprint density at radius 2 is 1.81 bits per heavy atom. The molecule has 0 bridgehead atoms. The van der Waals surface area contributed by atoms with Gasteiger partial charge >= 0.3 is 0 Å². The zero-order valence-electron chi connectivity index (χ0n) is 12.8. The normalized spacial score (nSPS) is 14.1. The van der Waals surface area contributed by atoms with E-state index < -0.39 is 22.3 Å². The van der Waals surface area contributed by atoms with Crippen LogP contribution >= 0.6 is 0 Å².